The van der Waals surface area contributed by atoms with Gasteiger partial charge >= 0.3 is 0 Å². The van der Waals surface area contributed by atoms with Gasteiger partial charge in [-0.25, -0.2) is 4.98 Å². The summed E-state index contributed by atoms with van der Waals surface area (Å²) in [5, 5.41) is 1.96. The number of fused-ring (bicyclic) bond motifs is 1. The third kappa shape index (κ3) is 3.86. The third-order valence-electron chi connectivity index (χ3n) is 5.49. The Bertz CT molecular complexity index is 1070. The van der Waals surface area contributed by atoms with E-state index in [0.29, 0.717) is 16.5 Å². The zero-order valence-electron chi connectivity index (χ0n) is 16.0. The number of rotatable bonds is 4. The molecule has 4 rings (SSSR count). The number of hydrogen-bond acceptors (Lipinski definition) is 4. The minimum atomic E-state index is 0.0792. The second-order valence-corrected chi connectivity index (χ2v) is 9.39. The number of hydrogen-bond donors (Lipinski definition) is 0. The molecule has 0 N–H and O–H groups in total. The molecule has 1 aromatic carbocycles. The van der Waals surface area contributed by atoms with E-state index in [2.05, 4.69) is 18.9 Å². The Morgan fingerprint density at radius 3 is 2.64 bits per heavy atom. The first-order valence-corrected chi connectivity index (χ1v) is 11.2. The van der Waals surface area contributed by atoms with Crippen LogP contribution in [0.3, 0.4) is 0 Å². The van der Waals surface area contributed by atoms with Crippen molar-refractivity contribution in [3.05, 3.63) is 60.9 Å². The Morgan fingerprint density at radius 2 is 1.96 bits per heavy atom. The molecule has 0 amide bonds. The van der Waals surface area contributed by atoms with E-state index >= 15 is 0 Å². The maximum Gasteiger partial charge on any atom is 0.262 e. The molecule has 148 valence electrons. The summed E-state index contributed by atoms with van der Waals surface area (Å²) >= 11 is 14.1. The summed E-state index contributed by atoms with van der Waals surface area (Å²) in [7, 11) is 2.13. The van der Waals surface area contributed by atoms with Crippen LogP contribution in [0.1, 0.15) is 42.1 Å². The number of likely N-dealkylation sites (tertiary alicyclic amines) is 1. The number of nitrogens with zero attached hydrogens (tertiary/aromatic N) is 3. The van der Waals surface area contributed by atoms with Gasteiger partial charge < -0.3 is 4.90 Å². The van der Waals surface area contributed by atoms with Crippen LogP contribution in [0.4, 0.5) is 0 Å². The Labute approximate surface area is 178 Å². The minimum Gasteiger partial charge on any atom is -0.306 e. The van der Waals surface area contributed by atoms with E-state index in [4.69, 9.17) is 28.2 Å². The molecule has 1 aliphatic rings. The van der Waals surface area contributed by atoms with Gasteiger partial charge in [0.2, 0.25) is 0 Å². The molecule has 3 heterocycles. The topological polar surface area (TPSA) is 38.1 Å². The lowest BCUT2D eigenvalue weighted by Gasteiger charge is -2.31. The molecular formula is C21H23Cl2N3OS. The molecule has 0 aliphatic carbocycles. The summed E-state index contributed by atoms with van der Waals surface area (Å²) in [4.78, 5) is 22.7. The quantitative estimate of drug-likeness (QED) is 0.565. The number of aromatic nitrogens is 2. The molecule has 2 aromatic heterocycles. The monoisotopic (exact) mass is 435 g/mol. The molecule has 1 aliphatic heterocycles. The van der Waals surface area contributed by atoms with E-state index in [9.17, 15) is 4.79 Å². The highest BCUT2D eigenvalue weighted by Gasteiger charge is 2.24. The normalized spacial score (nSPS) is 16.1. The van der Waals surface area contributed by atoms with Gasteiger partial charge in [0.15, 0.2) is 0 Å². The zero-order valence-corrected chi connectivity index (χ0v) is 18.4. The van der Waals surface area contributed by atoms with Crippen molar-refractivity contribution in [2.24, 2.45) is 0 Å². The molecule has 7 heteroatoms. The van der Waals surface area contributed by atoms with Gasteiger partial charge in [-0.15, -0.1) is 11.3 Å². The lowest BCUT2D eigenvalue weighted by Crippen LogP contribution is -2.37. The first kappa shape index (κ1) is 19.9. The minimum absolute atomic E-state index is 0.0792. The first-order chi connectivity index (χ1) is 13.5. The summed E-state index contributed by atoms with van der Waals surface area (Å²) in [6.07, 6.45) is 3.34. The van der Waals surface area contributed by atoms with Gasteiger partial charge in [0.1, 0.15) is 10.7 Å². The van der Waals surface area contributed by atoms with E-state index in [1.165, 1.54) is 4.88 Å². The fourth-order valence-electron chi connectivity index (χ4n) is 3.85. The van der Waals surface area contributed by atoms with Crippen LogP contribution in [0.5, 0.6) is 0 Å². The van der Waals surface area contributed by atoms with Gasteiger partial charge in [0.05, 0.1) is 5.39 Å². The van der Waals surface area contributed by atoms with Crippen LogP contribution >= 0.6 is 34.5 Å². The standard InChI is InChI=1S/C21H23Cl2N3OS/c1-3-16-12-17-20(28-16)24-19(10-13-4-5-14(22)11-18(13)23)26(21(17)27)15-6-8-25(2)9-7-15/h4-5,11-12,15H,3,6-10H2,1-2H3. The maximum atomic E-state index is 13.5. The molecule has 0 spiro atoms. The van der Waals surface area contributed by atoms with Crippen molar-refractivity contribution in [3.8, 4) is 0 Å². The average Bonchev–Trinajstić information content (AvgIpc) is 3.09. The first-order valence-electron chi connectivity index (χ1n) is 9.62. The fraction of sp³-hybridized carbons (Fsp3) is 0.429. The van der Waals surface area contributed by atoms with Crippen LogP contribution < -0.4 is 5.56 Å². The predicted molar refractivity (Wildman–Crippen MR) is 118 cm³/mol. The van der Waals surface area contributed by atoms with Crippen LogP contribution in [-0.2, 0) is 12.8 Å². The molecule has 4 nitrogen and oxygen atoms in total. The summed E-state index contributed by atoms with van der Waals surface area (Å²) in [6, 6.07) is 7.69. The number of benzene rings is 1. The van der Waals surface area contributed by atoms with Crippen LogP contribution in [0, 0.1) is 0 Å². The van der Waals surface area contributed by atoms with Crippen molar-refractivity contribution in [1.29, 1.82) is 0 Å². The molecule has 1 fully saturated rings. The van der Waals surface area contributed by atoms with E-state index in [-0.39, 0.29) is 11.6 Å². The molecule has 1 saturated heterocycles. The van der Waals surface area contributed by atoms with E-state index in [0.717, 1.165) is 54.0 Å². The Kier molecular flexibility index (Phi) is 5.79. The molecule has 0 saturated carbocycles. The molecule has 0 unspecified atom stereocenters. The summed E-state index contributed by atoms with van der Waals surface area (Å²) in [6.45, 7) is 4.08. The van der Waals surface area contributed by atoms with E-state index in [1.807, 2.05) is 22.8 Å². The van der Waals surface area contributed by atoms with Gasteiger partial charge in [0, 0.05) is 27.4 Å². The highest BCUT2D eigenvalue weighted by Crippen LogP contribution is 2.29. The second kappa shape index (κ2) is 8.15. The smallest absolute Gasteiger partial charge is 0.262 e. The molecule has 0 radical (unpaired) electrons. The van der Waals surface area contributed by atoms with Crippen LogP contribution in [0.15, 0.2) is 29.1 Å². The van der Waals surface area contributed by atoms with Crippen LogP contribution in [-0.4, -0.2) is 34.6 Å². The largest absolute Gasteiger partial charge is 0.306 e. The van der Waals surface area contributed by atoms with E-state index < -0.39 is 0 Å². The van der Waals surface area contributed by atoms with Crippen molar-refractivity contribution >= 4 is 44.8 Å². The fourth-order valence-corrected chi connectivity index (χ4v) is 5.30. The highest BCUT2D eigenvalue weighted by molar-refractivity contribution is 7.18. The SMILES string of the molecule is CCc1cc2c(=O)n(C3CCN(C)CC3)c(Cc3ccc(Cl)cc3Cl)nc2s1. The zero-order chi connectivity index (χ0) is 19.8. The lowest BCUT2D eigenvalue weighted by molar-refractivity contribution is 0.216. The molecule has 28 heavy (non-hydrogen) atoms. The third-order valence-corrected chi connectivity index (χ3v) is 7.25. The number of halogens is 2. The van der Waals surface area contributed by atoms with Gasteiger partial charge in [-0.3, -0.25) is 9.36 Å². The average molecular weight is 436 g/mol. The molecule has 0 bridgehead atoms. The summed E-state index contributed by atoms with van der Waals surface area (Å²) in [5.74, 6) is 0.792. The lowest BCUT2D eigenvalue weighted by atomic mass is 10.0. The second-order valence-electron chi connectivity index (χ2n) is 7.44. The van der Waals surface area contributed by atoms with E-state index in [1.54, 1.807) is 17.4 Å². The van der Waals surface area contributed by atoms with Crippen molar-refractivity contribution in [2.45, 2.75) is 38.6 Å². The van der Waals surface area contributed by atoms with Crippen LogP contribution in [0.25, 0.3) is 10.2 Å². The Morgan fingerprint density at radius 1 is 1.21 bits per heavy atom. The number of thiophene rings is 1. The van der Waals surface area contributed by atoms with Crippen molar-refractivity contribution in [2.75, 3.05) is 20.1 Å². The summed E-state index contributed by atoms with van der Waals surface area (Å²) < 4.78 is 1.94. The highest BCUT2D eigenvalue weighted by atomic mass is 35.5. The van der Waals surface area contributed by atoms with Crippen molar-refractivity contribution in [1.82, 2.24) is 14.5 Å². The Balaban J connectivity index is 1.84. The number of piperidine rings is 1. The van der Waals surface area contributed by atoms with Gasteiger partial charge in [-0.2, -0.15) is 0 Å². The van der Waals surface area contributed by atoms with Gasteiger partial charge in [0.25, 0.3) is 5.56 Å². The summed E-state index contributed by atoms with van der Waals surface area (Å²) in [5.41, 5.74) is 1.02. The molecule has 3 aromatic rings. The van der Waals surface area contributed by atoms with Gasteiger partial charge in [-0.1, -0.05) is 36.2 Å². The molecule has 0 atom stereocenters. The van der Waals surface area contributed by atoms with Crippen molar-refractivity contribution in [3.63, 3.8) is 0 Å². The van der Waals surface area contributed by atoms with Crippen molar-refractivity contribution < 1.29 is 0 Å². The maximum absolute atomic E-state index is 13.5. The van der Waals surface area contributed by atoms with Crippen LogP contribution in [0.2, 0.25) is 10.0 Å². The van der Waals surface area contributed by atoms with Gasteiger partial charge in [-0.05, 0) is 63.2 Å². The number of aryl methyl sites for hydroxylation is 1. The Hall–Kier alpha value is -1.40. The molecular weight excluding hydrogens is 413 g/mol. The predicted octanol–water partition coefficient (Wildman–Crippen LogP) is 5.18.